The molecule has 2 nitrogen and oxygen atoms in total. The van der Waals surface area contributed by atoms with Crippen molar-refractivity contribution in [3.05, 3.63) is 34.1 Å². The van der Waals surface area contributed by atoms with Gasteiger partial charge in [-0.15, -0.1) is 0 Å². The number of hydrogen-bond donors (Lipinski definition) is 1. The molecule has 1 saturated heterocycles. The molecule has 1 aromatic carbocycles. The van der Waals surface area contributed by atoms with Crippen LogP contribution >= 0.6 is 15.9 Å². The zero-order valence-corrected chi connectivity index (χ0v) is 12.9. The van der Waals surface area contributed by atoms with Crippen LogP contribution in [0.1, 0.15) is 37.8 Å². The lowest BCUT2D eigenvalue weighted by Gasteiger charge is -2.31. The largest absolute Gasteiger partial charge is 0.381 e. The number of hydrogen-bond acceptors (Lipinski definition) is 2. The van der Waals surface area contributed by atoms with E-state index >= 15 is 0 Å². The molecule has 0 amide bonds. The highest BCUT2D eigenvalue weighted by Gasteiger charge is 2.25. The van der Waals surface area contributed by atoms with Crippen LogP contribution in [0.15, 0.2) is 22.7 Å². The fourth-order valence-corrected chi connectivity index (χ4v) is 2.86. The maximum atomic E-state index is 13.7. The molecular formula is C15H21BrFNO. The first-order valence-corrected chi connectivity index (χ1v) is 7.77. The molecule has 1 atom stereocenters. The molecule has 19 heavy (non-hydrogen) atoms. The second-order valence-electron chi connectivity index (χ2n) is 5.06. The molecule has 0 saturated carbocycles. The second kappa shape index (κ2) is 7.36. The van der Waals surface area contributed by atoms with Gasteiger partial charge in [0.25, 0.3) is 0 Å². The fraction of sp³-hybridized carbons (Fsp3) is 0.600. The van der Waals surface area contributed by atoms with Gasteiger partial charge in [0, 0.05) is 19.3 Å². The molecule has 106 valence electrons. The van der Waals surface area contributed by atoms with Gasteiger partial charge in [-0.2, -0.15) is 0 Å². The molecule has 4 heteroatoms. The molecule has 1 heterocycles. The van der Waals surface area contributed by atoms with Crippen LogP contribution in [0, 0.1) is 11.7 Å². The van der Waals surface area contributed by atoms with Gasteiger partial charge in [0.15, 0.2) is 0 Å². The zero-order valence-electron chi connectivity index (χ0n) is 11.3. The van der Waals surface area contributed by atoms with Crippen molar-refractivity contribution in [3.8, 4) is 0 Å². The first-order chi connectivity index (χ1) is 9.22. The third-order valence-corrected chi connectivity index (χ3v) is 4.30. The lowest BCUT2D eigenvalue weighted by atomic mass is 9.87. The quantitative estimate of drug-likeness (QED) is 0.879. The zero-order chi connectivity index (χ0) is 13.7. The summed E-state index contributed by atoms with van der Waals surface area (Å²) >= 11 is 3.21. The van der Waals surface area contributed by atoms with Crippen molar-refractivity contribution in [2.24, 2.45) is 5.92 Å². The molecule has 0 aliphatic carbocycles. The molecule has 2 rings (SSSR count). The van der Waals surface area contributed by atoms with Crippen molar-refractivity contribution in [2.75, 3.05) is 19.8 Å². The van der Waals surface area contributed by atoms with Crippen molar-refractivity contribution in [2.45, 2.75) is 32.2 Å². The van der Waals surface area contributed by atoms with Crippen molar-refractivity contribution < 1.29 is 9.13 Å². The first-order valence-electron chi connectivity index (χ1n) is 6.98. The summed E-state index contributed by atoms with van der Waals surface area (Å²) in [6.45, 7) is 4.73. The van der Waals surface area contributed by atoms with Gasteiger partial charge in [0.1, 0.15) is 5.82 Å². The smallest absolute Gasteiger partial charge is 0.137 e. The summed E-state index contributed by atoms with van der Waals surface area (Å²) in [5.41, 5.74) is 1.04. The van der Waals surface area contributed by atoms with E-state index in [9.17, 15) is 4.39 Å². The third kappa shape index (κ3) is 4.01. The average molecular weight is 330 g/mol. The van der Waals surface area contributed by atoms with Gasteiger partial charge in [0.2, 0.25) is 0 Å². The minimum Gasteiger partial charge on any atom is -0.381 e. The van der Waals surface area contributed by atoms with Gasteiger partial charge in [-0.05, 0) is 65.4 Å². The highest BCUT2D eigenvalue weighted by atomic mass is 79.9. The molecule has 0 radical (unpaired) electrons. The summed E-state index contributed by atoms with van der Waals surface area (Å²) in [6, 6.07) is 5.68. The van der Waals surface area contributed by atoms with E-state index in [1.165, 1.54) is 0 Å². The van der Waals surface area contributed by atoms with E-state index < -0.39 is 0 Å². The molecule has 0 spiro atoms. The maximum Gasteiger partial charge on any atom is 0.137 e. The number of nitrogens with one attached hydrogen (secondary N) is 1. The summed E-state index contributed by atoms with van der Waals surface area (Å²) in [6.07, 6.45) is 3.16. The number of benzene rings is 1. The van der Waals surface area contributed by atoms with Gasteiger partial charge < -0.3 is 10.1 Å². The number of ether oxygens (including phenoxy) is 1. The minimum absolute atomic E-state index is 0.187. The van der Waals surface area contributed by atoms with Crippen LogP contribution in [0.3, 0.4) is 0 Å². The van der Waals surface area contributed by atoms with E-state index in [-0.39, 0.29) is 11.9 Å². The van der Waals surface area contributed by atoms with Crippen molar-refractivity contribution in [1.82, 2.24) is 5.32 Å². The Bertz CT molecular complexity index is 407. The average Bonchev–Trinajstić information content (AvgIpc) is 2.44. The van der Waals surface area contributed by atoms with E-state index in [0.29, 0.717) is 10.4 Å². The summed E-state index contributed by atoms with van der Waals surface area (Å²) in [7, 11) is 0. The van der Waals surface area contributed by atoms with Crippen molar-refractivity contribution in [3.63, 3.8) is 0 Å². The van der Waals surface area contributed by atoms with Crippen LogP contribution in [-0.4, -0.2) is 19.8 Å². The fourth-order valence-electron chi connectivity index (χ4n) is 2.61. The summed E-state index contributed by atoms with van der Waals surface area (Å²) in [5, 5.41) is 3.56. The highest BCUT2D eigenvalue weighted by molar-refractivity contribution is 9.10. The monoisotopic (exact) mass is 329 g/mol. The van der Waals surface area contributed by atoms with E-state index in [0.717, 1.165) is 44.6 Å². The maximum absolute atomic E-state index is 13.7. The predicted octanol–water partition coefficient (Wildman–Crippen LogP) is 4.06. The minimum atomic E-state index is -0.187. The Morgan fingerprint density at radius 1 is 1.42 bits per heavy atom. The summed E-state index contributed by atoms with van der Waals surface area (Å²) < 4.78 is 19.7. The van der Waals surface area contributed by atoms with E-state index in [1.807, 2.05) is 6.07 Å². The van der Waals surface area contributed by atoms with Crippen LogP contribution < -0.4 is 5.32 Å². The lowest BCUT2D eigenvalue weighted by molar-refractivity contribution is 0.0536. The number of halogens is 2. The first kappa shape index (κ1) is 14.9. The molecule has 1 aromatic rings. The van der Waals surface area contributed by atoms with E-state index in [4.69, 9.17) is 4.74 Å². The second-order valence-corrected chi connectivity index (χ2v) is 5.91. The molecule has 1 unspecified atom stereocenters. The SMILES string of the molecule is CCCNC(c1ccc(Br)c(F)c1)C1CCOCC1. The van der Waals surface area contributed by atoms with Gasteiger partial charge in [-0.1, -0.05) is 13.0 Å². The Morgan fingerprint density at radius 2 is 2.16 bits per heavy atom. The molecule has 0 aromatic heterocycles. The molecular weight excluding hydrogens is 309 g/mol. The van der Waals surface area contributed by atoms with Crippen LogP contribution in [0.2, 0.25) is 0 Å². The topological polar surface area (TPSA) is 21.3 Å². The Hall–Kier alpha value is -0.450. The normalized spacial score (nSPS) is 18.5. The summed E-state index contributed by atoms with van der Waals surface area (Å²) in [4.78, 5) is 0. The Labute approximate surface area is 122 Å². The Kier molecular flexibility index (Phi) is 5.79. The molecule has 1 aliphatic heterocycles. The van der Waals surface area contributed by atoms with Gasteiger partial charge in [0.05, 0.1) is 4.47 Å². The van der Waals surface area contributed by atoms with Crippen LogP contribution in [0.5, 0.6) is 0 Å². The van der Waals surface area contributed by atoms with Crippen molar-refractivity contribution in [1.29, 1.82) is 0 Å². The Balaban J connectivity index is 2.17. The molecule has 1 fully saturated rings. The predicted molar refractivity (Wildman–Crippen MR) is 78.7 cm³/mol. The van der Waals surface area contributed by atoms with Crippen molar-refractivity contribution >= 4 is 15.9 Å². The van der Waals surface area contributed by atoms with E-state index in [2.05, 4.69) is 28.2 Å². The molecule has 1 N–H and O–H groups in total. The standard InChI is InChI=1S/C15H21BrFNO/c1-2-7-18-15(11-5-8-19-9-6-11)12-3-4-13(16)14(17)10-12/h3-4,10-11,15,18H,2,5-9H2,1H3. The lowest BCUT2D eigenvalue weighted by Crippen LogP contribution is -2.32. The third-order valence-electron chi connectivity index (χ3n) is 3.65. The molecule has 0 bridgehead atoms. The highest BCUT2D eigenvalue weighted by Crippen LogP contribution is 2.31. The number of rotatable bonds is 5. The van der Waals surface area contributed by atoms with Gasteiger partial charge in [-0.25, -0.2) is 4.39 Å². The van der Waals surface area contributed by atoms with Crippen LogP contribution in [0.25, 0.3) is 0 Å². The van der Waals surface area contributed by atoms with Gasteiger partial charge >= 0.3 is 0 Å². The summed E-state index contributed by atoms with van der Waals surface area (Å²) in [5.74, 6) is 0.341. The van der Waals surface area contributed by atoms with Gasteiger partial charge in [-0.3, -0.25) is 0 Å². The van der Waals surface area contributed by atoms with Crippen LogP contribution in [0.4, 0.5) is 4.39 Å². The van der Waals surface area contributed by atoms with Crippen LogP contribution in [-0.2, 0) is 4.74 Å². The Morgan fingerprint density at radius 3 is 2.79 bits per heavy atom. The van der Waals surface area contributed by atoms with E-state index in [1.54, 1.807) is 12.1 Å². The molecule has 1 aliphatic rings.